The molecule has 0 bridgehead atoms. The number of aromatic nitrogens is 2. The largest absolute Gasteiger partial charge is 0.281 e. The van der Waals surface area contributed by atoms with Crippen LogP contribution >= 0.6 is 31.9 Å². The van der Waals surface area contributed by atoms with Crippen LogP contribution in [-0.2, 0) is 13.1 Å². The molecule has 0 spiro atoms. The van der Waals surface area contributed by atoms with Crippen molar-refractivity contribution in [2.75, 3.05) is 0 Å². The maximum atomic E-state index is 12.4. The average Bonchev–Trinajstić information content (AvgIpc) is 2.54. The predicted molar refractivity (Wildman–Crippen MR) is 93.9 cm³/mol. The standard InChI is InChI=1S/C15H11Br2N3O2/c1-3-8-19-14(21)12(16)13(17)15(22)20(19)9-10-4-6-11(18-2)7-5-10/h1,4-7H,2,8-9H2. The van der Waals surface area contributed by atoms with Crippen LogP contribution in [0.2, 0.25) is 0 Å². The predicted octanol–water partition coefficient (Wildman–Crippen LogP) is 2.55. The van der Waals surface area contributed by atoms with Crippen molar-refractivity contribution in [3.05, 3.63) is 59.5 Å². The van der Waals surface area contributed by atoms with E-state index in [1.807, 2.05) is 12.1 Å². The molecule has 1 heterocycles. The molecule has 0 saturated heterocycles. The van der Waals surface area contributed by atoms with Crippen LogP contribution in [0.15, 0.2) is 47.8 Å². The Morgan fingerprint density at radius 3 is 2.14 bits per heavy atom. The van der Waals surface area contributed by atoms with Gasteiger partial charge in [0.05, 0.1) is 12.2 Å². The fourth-order valence-corrected chi connectivity index (χ4v) is 2.66. The average molecular weight is 425 g/mol. The molecule has 0 aliphatic rings. The second kappa shape index (κ2) is 6.90. The van der Waals surface area contributed by atoms with Crippen LogP contribution in [-0.4, -0.2) is 16.1 Å². The van der Waals surface area contributed by atoms with E-state index in [9.17, 15) is 9.59 Å². The summed E-state index contributed by atoms with van der Waals surface area (Å²) in [5.41, 5.74) is 0.865. The van der Waals surface area contributed by atoms with Crippen LogP contribution in [0.4, 0.5) is 5.69 Å². The van der Waals surface area contributed by atoms with Gasteiger partial charge in [-0.3, -0.25) is 14.6 Å². The minimum absolute atomic E-state index is 0.00620. The first-order chi connectivity index (χ1) is 10.5. The van der Waals surface area contributed by atoms with Gasteiger partial charge in [-0.25, -0.2) is 9.36 Å². The molecule has 0 unspecified atom stereocenters. The summed E-state index contributed by atoms with van der Waals surface area (Å²) in [6.45, 7) is 3.67. The lowest BCUT2D eigenvalue weighted by Gasteiger charge is -2.15. The van der Waals surface area contributed by atoms with Gasteiger partial charge in [0.15, 0.2) is 0 Å². The number of nitrogens with zero attached hydrogens (tertiary/aromatic N) is 3. The monoisotopic (exact) mass is 423 g/mol. The van der Waals surface area contributed by atoms with Crippen LogP contribution in [0.5, 0.6) is 0 Å². The highest BCUT2D eigenvalue weighted by atomic mass is 79.9. The molecule has 2 rings (SSSR count). The lowest BCUT2D eigenvalue weighted by molar-refractivity contribution is 0.470. The van der Waals surface area contributed by atoms with E-state index in [1.165, 1.54) is 9.36 Å². The van der Waals surface area contributed by atoms with Crippen molar-refractivity contribution in [1.29, 1.82) is 0 Å². The van der Waals surface area contributed by atoms with Crippen molar-refractivity contribution in [3.8, 4) is 12.3 Å². The summed E-state index contributed by atoms with van der Waals surface area (Å²) in [4.78, 5) is 28.5. The molecule has 0 fully saturated rings. The normalized spacial score (nSPS) is 10.2. The Balaban J connectivity index is 2.58. The van der Waals surface area contributed by atoms with Gasteiger partial charge in [0, 0.05) is 0 Å². The van der Waals surface area contributed by atoms with Crippen molar-refractivity contribution in [3.63, 3.8) is 0 Å². The molecule has 0 N–H and O–H groups in total. The van der Waals surface area contributed by atoms with E-state index < -0.39 is 0 Å². The summed E-state index contributed by atoms with van der Waals surface area (Å²) in [6.07, 6.45) is 5.30. The molecule has 0 saturated carbocycles. The maximum Gasteiger partial charge on any atom is 0.281 e. The van der Waals surface area contributed by atoms with E-state index in [-0.39, 0.29) is 33.2 Å². The first-order valence-electron chi connectivity index (χ1n) is 6.17. The molecule has 0 aliphatic heterocycles. The van der Waals surface area contributed by atoms with Crippen LogP contribution in [0.1, 0.15) is 5.56 Å². The number of halogens is 2. The minimum Gasteiger partial charge on any atom is -0.267 e. The number of hydrogen-bond acceptors (Lipinski definition) is 3. The molecular weight excluding hydrogens is 414 g/mol. The third kappa shape index (κ3) is 3.13. The first kappa shape index (κ1) is 16.5. The molecule has 7 heteroatoms. The summed E-state index contributed by atoms with van der Waals surface area (Å²) < 4.78 is 2.88. The van der Waals surface area contributed by atoms with Crippen molar-refractivity contribution in [1.82, 2.24) is 9.36 Å². The van der Waals surface area contributed by atoms with Gasteiger partial charge >= 0.3 is 0 Å². The number of rotatable bonds is 4. The van der Waals surface area contributed by atoms with Gasteiger partial charge in [-0.05, 0) is 56.3 Å². The number of hydrogen-bond donors (Lipinski definition) is 0. The molecule has 5 nitrogen and oxygen atoms in total. The van der Waals surface area contributed by atoms with Crippen LogP contribution in [0, 0.1) is 12.3 Å². The number of aliphatic imine (C=N–C) groups is 1. The zero-order chi connectivity index (χ0) is 16.3. The van der Waals surface area contributed by atoms with E-state index in [0.29, 0.717) is 0 Å². The van der Waals surface area contributed by atoms with Gasteiger partial charge in [0.2, 0.25) is 0 Å². The topological polar surface area (TPSA) is 56.4 Å². The Morgan fingerprint density at radius 1 is 1.09 bits per heavy atom. The fourth-order valence-electron chi connectivity index (χ4n) is 1.91. The first-order valence-corrected chi connectivity index (χ1v) is 7.76. The molecule has 2 aromatic rings. The number of benzene rings is 1. The molecule has 1 aromatic carbocycles. The van der Waals surface area contributed by atoms with E-state index >= 15 is 0 Å². The van der Waals surface area contributed by atoms with Gasteiger partial charge in [-0.1, -0.05) is 18.1 Å². The number of terminal acetylenes is 1. The van der Waals surface area contributed by atoms with Gasteiger partial charge in [-0.2, -0.15) is 0 Å². The Kier molecular flexibility index (Phi) is 5.16. The highest BCUT2D eigenvalue weighted by Crippen LogP contribution is 2.15. The van der Waals surface area contributed by atoms with Gasteiger partial charge < -0.3 is 0 Å². The Hall–Kier alpha value is -1.91. The van der Waals surface area contributed by atoms with Gasteiger partial charge in [0.25, 0.3) is 11.1 Å². The maximum absolute atomic E-state index is 12.4. The highest BCUT2D eigenvalue weighted by molar-refractivity contribution is 9.13. The van der Waals surface area contributed by atoms with Crippen LogP contribution in [0.25, 0.3) is 0 Å². The third-order valence-corrected chi connectivity index (χ3v) is 5.02. The Labute approximate surface area is 143 Å². The van der Waals surface area contributed by atoms with Crippen molar-refractivity contribution in [2.45, 2.75) is 13.1 Å². The minimum atomic E-state index is -0.367. The second-order valence-corrected chi connectivity index (χ2v) is 5.97. The summed E-state index contributed by atoms with van der Waals surface area (Å²) >= 11 is 6.24. The zero-order valence-electron chi connectivity index (χ0n) is 11.4. The van der Waals surface area contributed by atoms with Crippen molar-refractivity contribution >= 4 is 44.3 Å². The summed E-state index contributed by atoms with van der Waals surface area (Å²) in [6, 6.07) is 7.20. The molecule has 0 radical (unpaired) electrons. The summed E-state index contributed by atoms with van der Waals surface area (Å²) in [5, 5.41) is 0. The molecule has 0 aliphatic carbocycles. The van der Waals surface area contributed by atoms with Crippen molar-refractivity contribution < 1.29 is 0 Å². The molecule has 0 atom stereocenters. The Morgan fingerprint density at radius 2 is 1.64 bits per heavy atom. The van der Waals surface area contributed by atoms with Crippen LogP contribution in [0.3, 0.4) is 0 Å². The quantitative estimate of drug-likeness (QED) is 0.559. The molecule has 22 heavy (non-hydrogen) atoms. The van der Waals surface area contributed by atoms with Crippen LogP contribution < -0.4 is 11.1 Å². The summed E-state index contributed by atoms with van der Waals surface area (Å²) in [5.74, 6) is 2.39. The van der Waals surface area contributed by atoms with Gasteiger partial charge in [0.1, 0.15) is 15.5 Å². The molecular formula is C15H11Br2N3O2. The SMILES string of the molecule is C#CCn1c(=O)c(Br)c(Br)c(=O)n1Cc1ccc(N=C)cc1. The lowest BCUT2D eigenvalue weighted by Crippen LogP contribution is -2.39. The highest BCUT2D eigenvalue weighted by Gasteiger charge is 2.15. The smallest absolute Gasteiger partial charge is 0.267 e. The molecule has 1 aromatic heterocycles. The van der Waals surface area contributed by atoms with E-state index in [2.05, 4.69) is 49.5 Å². The zero-order valence-corrected chi connectivity index (χ0v) is 14.6. The fraction of sp³-hybridized carbons (Fsp3) is 0.133. The van der Waals surface area contributed by atoms with E-state index in [0.717, 1.165) is 11.3 Å². The second-order valence-electron chi connectivity index (χ2n) is 4.38. The third-order valence-electron chi connectivity index (χ3n) is 3.02. The molecule has 112 valence electrons. The van der Waals surface area contributed by atoms with E-state index in [1.54, 1.807) is 12.1 Å². The Bertz CT molecular complexity index is 874. The van der Waals surface area contributed by atoms with Crippen molar-refractivity contribution in [2.24, 2.45) is 4.99 Å². The van der Waals surface area contributed by atoms with Gasteiger partial charge in [-0.15, -0.1) is 6.42 Å². The summed E-state index contributed by atoms with van der Waals surface area (Å²) in [7, 11) is 0. The van der Waals surface area contributed by atoms with E-state index in [4.69, 9.17) is 6.42 Å². The molecule has 0 amide bonds. The lowest BCUT2D eigenvalue weighted by atomic mass is 10.2.